The van der Waals surface area contributed by atoms with E-state index in [1.807, 2.05) is 0 Å². The highest BCUT2D eigenvalue weighted by Gasteiger charge is 2.56. The Morgan fingerprint density at radius 3 is 1.76 bits per heavy atom. The molecule has 101 heavy (non-hydrogen) atoms. The minimum atomic E-state index is -6.33. The summed E-state index contributed by atoms with van der Waals surface area (Å²) >= 11 is 0. The SMILES string of the molecule is CO[C@@H]1[C@H](OP(=O)(O)OCC2O[C@@H](n3cnc4c(=O)[nH]c(NC(=O)c5ccccc5)nc43)[C@H](OC(=O)C(C)C)[C@@H]2OC(=O)C(C)C)C(COP(=O)(O)OP(=O)(O)OP(=O)(O)OC[C@H]2O[C@@H]([n+]3cn(C)c4c(=O)[nH]c(N)nc43)[C@H](O)[C@@H]2O)O[C@H]1n1cnc2c(NC(=O)c3ccccc3)ncnc21. The number of phosphoric ester groups is 3. The molecular weight excluding hydrogens is 1430 g/mol. The molecule has 11 rings (SSSR count). The second-order valence-electron chi connectivity index (χ2n) is 23.2. The van der Waals surface area contributed by atoms with E-state index in [1.54, 1.807) is 36.4 Å². The first kappa shape index (κ1) is 73.9. The molecule has 9 heterocycles. The Morgan fingerprint density at radius 2 is 1.17 bits per heavy atom. The van der Waals surface area contributed by atoms with Gasteiger partial charge in [-0.2, -0.15) is 13.6 Å². The number of phosphoric acid groups is 4. The number of hydrogen-bond acceptors (Lipinski definition) is 31. The third kappa shape index (κ3) is 16.3. The molecule has 43 nitrogen and oxygen atoms in total. The zero-order valence-electron chi connectivity index (χ0n) is 53.3. The number of imidazole rings is 3. The van der Waals surface area contributed by atoms with Crippen molar-refractivity contribution >= 4 is 106 Å². The van der Waals surface area contributed by atoms with Crippen molar-refractivity contribution in [2.75, 3.05) is 43.3 Å². The predicted octanol–water partition coefficient (Wildman–Crippen LogP) is 1.04. The zero-order chi connectivity index (χ0) is 72.8. The minimum absolute atomic E-state index is 0.0452. The molecule has 8 aromatic rings. The standard InChI is InChI=1S/C54H63N15O28P4/c1-24(2)51(76)93-36-29(91-50(39(36)94-52(77)25(3)4)68-22-59-32-42(68)62-54(65-46(32)74)64-45(73)27-15-11-8-12-16-27)18-87-98(78,79)95-37-30(92-49(38(37)86-6)67-21-58-31-40(56-20-57-41(31)67)60-44(72)26-13-9-7-10-14-26)19-89-100(82,83)97-101(84,85)96-99(80,81)88-17-28-34(70)35(71)48(90-28)69-23-66(5)33-43(69)61-53(55)63-47(33)75/h7-16,20-25,28-30,34-39,48-50,70-71H,17-19H2,1-6H3,(H9-,55,56,57,60,61,62,63,64,65,72,73,74,75,78,79,80,81,82,83,84,85)/p+1/t28-,29?,30?,34-,35-,36-,37-,38-,39-,48-,49-,50-/m1/s1. The number of aromatic amines is 2. The Hall–Kier alpha value is -8.35. The first-order valence-electron chi connectivity index (χ1n) is 30.0. The fourth-order valence-electron chi connectivity index (χ4n) is 10.7. The van der Waals surface area contributed by atoms with Gasteiger partial charge in [-0.05, 0) is 24.3 Å². The number of aryl methyl sites for hydroxylation is 1. The van der Waals surface area contributed by atoms with Crippen LogP contribution in [0.15, 0.2) is 95.6 Å². The van der Waals surface area contributed by atoms with E-state index in [0.717, 1.165) is 39.8 Å². The van der Waals surface area contributed by atoms with Crippen molar-refractivity contribution in [2.24, 2.45) is 18.9 Å². The highest BCUT2D eigenvalue weighted by Crippen LogP contribution is 2.68. The van der Waals surface area contributed by atoms with Gasteiger partial charge < -0.3 is 69.3 Å². The van der Waals surface area contributed by atoms with E-state index in [1.165, 1.54) is 69.9 Å². The molecule has 0 bridgehead atoms. The lowest BCUT2D eigenvalue weighted by atomic mass is 10.1. The van der Waals surface area contributed by atoms with Gasteiger partial charge in [-0.25, -0.2) is 42.8 Å². The highest BCUT2D eigenvalue weighted by atomic mass is 31.3. The maximum Gasteiger partial charge on any atom is 0.490 e. The average Bonchev–Trinajstić information content (AvgIpc) is 1.62. The highest BCUT2D eigenvalue weighted by molar-refractivity contribution is 7.66. The molecular formula is C54H64N15O28P4+. The number of anilines is 3. The number of H-pyrrole nitrogens is 2. The van der Waals surface area contributed by atoms with Crippen LogP contribution in [0, 0.1) is 11.8 Å². The lowest BCUT2D eigenvalue weighted by molar-refractivity contribution is -0.745. The number of nitrogens with two attached hydrogens (primary N) is 1. The van der Waals surface area contributed by atoms with E-state index in [-0.39, 0.29) is 62.3 Å². The number of carbonyl (C=O) groups is 4. The third-order valence-electron chi connectivity index (χ3n) is 15.4. The molecule has 3 saturated heterocycles. The Labute approximate surface area is 566 Å². The number of amides is 2. The first-order chi connectivity index (χ1) is 47.7. The smallest absolute Gasteiger partial charge is 0.455 e. The predicted molar refractivity (Wildman–Crippen MR) is 336 cm³/mol. The molecule has 2 aromatic carbocycles. The number of ether oxygens (including phenoxy) is 6. The van der Waals surface area contributed by atoms with Crippen LogP contribution in [0.1, 0.15) is 67.1 Å². The van der Waals surface area contributed by atoms with Gasteiger partial charge in [0.25, 0.3) is 28.9 Å². The normalized spacial score (nSPS) is 25.4. The minimum Gasteiger partial charge on any atom is -0.455 e. The largest absolute Gasteiger partial charge is 0.490 e. The van der Waals surface area contributed by atoms with E-state index >= 15 is 0 Å². The second kappa shape index (κ2) is 29.5. The number of aliphatic hydroxyl groups excluding tert-OH is 2. The van der Waals surface area contributed by atoms with Gasteiger partial charge in [0.2, 0.25) is 17.7 Å². The maximum atomic E-state index is 14.6. The summed E-state index contributed by atoms with van der Waals surface area (Å²) in [4.78, 5) is 154. The quantitative estimate of drug-likeness (QED) is 0.0195. The van der Waals surface area contributed by atoms with E-state index in [9.17, 15) is 76.8 Å². The summed E-state index contributed by atoms with van der Waals surface area (Å²) in [6.45, 7) is 2.22. The first-order valence-corrected chi connectivity index (χ1v) is 35.9. The topological polar surface area (TPSA) is 581 Å². The molecule has 47 heteroatoms. The number of carbonyl (C=O) groups excluding carboxylic acids is 4. The van der Waals surface area contributed by atoms with Crippen LogP contribution >= 0.6 is 31.3 Å². The van der Waals surface area contributed by atoms with Crippen LogP contribution in [-0.2, 0) is 90.0 Å². The van der Waals surface area contributed by atoms with Crippen molar-refractivity contribution < 1.29 is 127 Å². The summed E-state index contributed by atoms with van der Waals surface area (Å²) < 4.78 is 125. The summed E-state index contributed by atoms with van der Waals surface area (Å²) in [5.74, 6) is -5.61. The number of aromatic nitrogens is 12. The Morgan fingerprint density at radius 1 is 0.634 bits per heavy atom. The number of rotatable bonds is 27. The van der Waals surface area contributed by atoms with Gasteiger partial charge in [0, 0.05) is 18.2 Å². The summed E-state index contributed by atoms with van der Waals surface area (Å²) in [5.41, 5.74) is 3.62. The second-order valence-corrected chi connectivity index (χ2v) is 29.2. The van der Waals surface area contributed by atoms with Crippen molar-refractivity contribution in [1.29, 1.82) is 0 Å². The Kier molecular flexibility index (Phi) is 21.6. The number of esters is 2. The number of fused-ring (bicyclic) bond motifs is 3. The number of hydrogen-bond donors (Lipinski definition) is 11. The Bertz CT molecular complexity index is 4770. The van der Waals surface area contributed by atoms with Gasteiger partial charge in [-0.15, -0.1) is 0 Å². The summed E-state index contributed by atoms with van der Waals surface area (Å²) in [6.07, 6.45) is -16.8. The van der Waals surface area contributed by atoms with Crippen molar-refractivity contribution in [3.8, 4) is 0 Å². The molecule has 16 atom stereocenters. The monoisotopic (exact) mass is 1490 g/mol. The van der Waals surface area contributed by atoms with Crippen LogP contribution in [-0.4, -0.2) is 189 Å². The molecule has 6 aromatic heterocycles. The molecule has 0 saturated carbocycles. The number of nitrogens with one attached hydrogen (secondary N) is 4. The third-order valence-corrected chi connectivity index (χ3v) is 20.7. The molecule has 0 spiro atoms. The fraction of sp³-hybridized carbons (Fsp3) is 0.426. The maximum absolute atomic E-state index is 14.6. The Balaban J connectivity index is 0.837. The zero-order valence-corrected chi connectivity index (χ0v) is 56.9. The van der Waals surface area contributed by atoms with E-state index < -0.39 is 171 Å². The number of nitrogen functional groups attached to an aromatic ring is 1. The molecule has 542 valence electrons. The summed E-state index contributed by atoms with van der Waals surface area (Å²) in [5, 5.41) is 26.9. The van der Waals surface area contributed by atoms with Crippen LogP contribution in [0.25, 0.3) is 33.5 Å². The van der Waals surface area contributed by atoms with Crippen molar-refractivity contribution in [3.05, 3.63) is 118 Å². The van der Waals surface area contributed by atoms with Crippen molar-refractivity contribution in [2.45, 2.75) is 101 Å². The molecule has 12 N–H and O–H groups in total. The van der Waals surface area contributed by atoms with Gasteiger partial charge in [0.15, 0.2) is 59.1 Å². The molecule has 3 aliphatic heterocycles. The van der Waals surface area contributed by atoms with Crippen LogP contribution in [0.2, 0.25) is 0 Å². The van der Waals surface area contributed by atoms with E-state index in [2.05, 4.69) is 59.1 Å². The summed E-state index contributed by atoms with van der Waals surface area (Å²) in [6, 6.07) is 15.8. The molecule has 0 radical (unpaired) electrons. The van der Waals surface area contributed by atoms with Crippen LogP contribution in [0.4, 0.5) is 17.7 Å². The van der Waals surface area contributed by atoms with E-state index in [0.29, 0.717) is 0 Å². The van der Waals surface area contributed by atoms with Crippen LogP contribution in [0.5, 0.6) is 0 Å². The molecule has 2 amide bonds. The van der Waals surface area contributed by atoms with Crippen LogP contribution < -0.4 is 32.1 Å². The van der Waals surface area contributed by atoms with Gasteiger partial charge in [0.1, 0.15) is 49.1 Å². The number of benzene rings is 2. The summed E-state index contributed by atoms with van der Waals surface area (Å²) in [7, 11) is -21.6. The van der Waals surface area contributed by atoms with Gasteiger partial charge >= 0.3 is 48.9 Å². The van der Waals surface area contributed by atoms with Gasteiger partial charge in [-0.1, -0.05) is 69.1 Å². The lowest BCUT2D eigenvalue weighted by Crippen LogP contribution is -2.46. The number of aliphatic hydroxyl groups is 2. The van der Waals surface area contributed by atoms with Gasteiger partial charge in [0.05, 0.1) is 51.4 Å². The average molecular weight is 1500 g/mol. The molecule has 0 aliphatic carbocycles. The molecule has 6 unspecified atom stereocenters. The number of methoxy groups -OCH3 is 1. The fourth-order valence-corrected chi connectivity index (χ4v) is 15.2. The van der Waals surface area contributed by atoms with Gasteiger partial charge in [-0.3, -0.25) is 75.8 Å². The van der Waals surface area contributed by atoms with Crippen LogP contribution in [0.3, 0.4) is 0 Å². The van der Waals surface area contributed by atoms with E-state index in [4.69, 9.17) is 52.2 Å². The molecule has 3 fully saturated rings. The van der Waals surface area contributed by atoms with Crippen molar-refractivity contribution in [3.63, 3.8) is 0 Å². The van der Waals surface area contributed by atoms with Crippen molar-refractivity contribution in [1.82, 2.24) is 53.6 Å². The lowest BCUT2D eigenvalue weighted by Gasteiger charge is -2.27. The number of nitrogens with zero attached hydrogens (tertiary/aromatic N) is 10. The molecule has 3 aliphatic rings.